The molecule has 0 fully saturated rings. The van der Waals surface area contributed by atoms with Crippen LogP contribution in [0.3, 0.4) is 0 Å². The maximum Gasteiger partial charge on any atom is 0.268 e. The minimum absolute atomic E-state index is 0.00911. The first kappa shape index (κ1) is 15.7. The van der Waals surface area contributed by atoms with Crippen molar-refractivity contribution in [3.63, 3.8) is 0 Å². The van der Waals surface area contributed by atoms with Gasteiger partial charge in [0.05, 0.1) is 17.2 Å². The topological polar surface area (TPSA) is 105 Å². The van der Waals surface area contributed by atoms with Crippen LogP contribution in [0.5, 0.6) is 5.75 Å². The van der Waals surface area contributed by atoms with Crippen molar-refractivity contribution in [1.82, 2.24) is 4.72 Å². The van der Waals surface area contributed by atoms with Crippen LogP contribution in [0.25, 0.3) is 0 Å². The zero-order valence-electron chi connectivity index (χ0n) is 12.0. The van der Waals surface area contributed by atoms with Crippen molar-refractivity contribution in [3.05, 3.63) is 18.2 Å². The van der Waals surface area contributed by atoms with Gasteiger partial charge in [0.15, 0.2) is 5.60 Å². The number of hydrogen-bond donors (Lipinski definition) is 3. The Morgan fingerprint density at radius 3 is 2.71 bits per heavy atom. The summed E-state index contributed by atoms with van der Waals surface area (Å²) in [7, 11) is -3.77. The average molecular weight is 314 g/mol. The SMILES string of the molecule is CC(CO)NS(=O)(=O)c1ccc2c(c1)NC(=O)C(C)(C)O2. The maximum atomic E-state index is 12.1. The summed E-state index contributed by atoms with van der Waals surface area (Å²) in [5.74, 6) is 0.0648. The first-order chi connectivity index (χ1) is 9.65. The molecule has 0 bridgehead atoms. The summed E-state index contributed by atoms with van der Waals surface area (Å²) in [5.41, 5.74) is -0.698. The Bertz CT molecular complexity index is 669. The number of carbonyl (C=O) groups is 1. The van der Waals surface area contributed by atoms with Gasteiger partial charge in [0.2, 0.25) is 10.0 Å². The summed E-state index contributed by atoms with van der Waals surface area (Å²) < 4.78 is 32.1. The van der Waals surface area contributed by atoms with Crippen molar-refractivity contribution >= 4 is 21.6 Å². The Hall–Kier alpha value is -1.64. The monoisotopic (exact) mass is 314 g/mol. The molecule has 0 saturated carbocycles. The number of rotatable bonds is 4. The Kier molecular flexibility index (Phi) is 3.96. The van der Waals surface area contributed by atoms with Gasteiger partial charge in [-0.15, -0.1) is 0 Å². The lowest BCUT2D eigenvalue weighted by atomic mass is 10.1. The molecule has 0 aliphatic carbocycles. The van der Waals surface area contributed by atoms with Gasteiger partial charge in [-0.05, 0) is 39.0 Å². The van der Waals surface area contributed by atoms with Gasteiger partial charge in [-0.3, -0.25) is 4.79 Å². The highest BCUT2D eigenvalue weighted by atomic mass is 32.2. The fourth-order valence-corrected chi connectivity index (χ4v) is 3.09. The van der Waals surface area contributed by atoms with E-state index in [-0.39, 0.29) is 17.4 Å². The van der Waals surface area contributed by atoms with E-state index in [2.05, 4.69) is 10.0 Å². The van der Waals surface area contributed by atoms with Crippen LogP contribution in [0, 0.1) is 0 Å². The lowest BCUT2D eigenvalue weighted by Gasteiger charge is -2.31. The van der Waals surface area contributed by atoms with Gasteiger partial charge in [0.25, 0.3) is 5.91 Å². The second kappa shape index (κ2) is 5.28. The summed E-state index contributed by atoms with van der Waals surface area (Å²) >= 11 is 0. The number of fused-ring (bicyclic) bond motifs is 1. The van der Waals surface area contributed by atoms with Gasteiger partial charge in [0.1, 0.15) is 5.75 Å². The van der Waals surface area contributed by atoms with Gasteiger partial charge in [-0.1, -0.05) is 0 Å². The molecule has 7 nitrogen and oxygen atoms in total. The Labute approximate surface area is 123 Å². The highest BCUT2D eigenvalue weighted by molar-refractivity contribution is 7.89. The molecule has 1 aliphatic heterocycles. The molecule has 1 aliphatic rings. The summed E-state index contributed by atoms with van der Waals surface area (Å²) in [4.78, 5) is 11.8. The molecular formula is C13H18N2O5S. The Morgan fingerprint density at radius 2 is 2.10 bits per heavy atom. The second-order valence-corrected chi connectivity index (χ2v) is 7.14. The van der Waals surface area contributed by atoms with Crippen LogP contribution in [0.4, 0.5) is 5.69 Å². The molecule has 2 rings (SSSR count). The van der Waals surface area contributed by atoms with E-state index in [0.717, 1.165) is 0 Å². The first-order valence-electron chi connectivity index (χ1n) is 6.43. The number of amides is 1. The number of sulfonamides is 1. The van der Waals surface area contributed by atoms with E-state index in [1.165, 1.54) is 18.2 Å². The molecule has 8 heteroatoms. The fourth-order valence-electron chi connectivity index (χ4n) is 1.83. The third-order valence-electron chi connectivity index (χ3n) is 3.05. The van der Waals surface area contributed by atoms with E-state index in [4.69, 9.17) is 9.84 Å². The van der Waals surface area contributed by atoms with Gasteiger partial charge in [-0.2, -0.15) is 0 Å². The van der Waals surface area contributed by atoms with Crippen LogP contribution in [-0.4, -0.2) is 37.7 Å². The van der Waals surface area contributed by atoms with E-state index < -0.39 is 21.7 Å². The average Bonchev–Trinajstić information content (AvgIpc) is 2.38. The molecule has 1 aromatic rings. The minimum atomic E-state index is -3.77. The molecule has 116 valence electrons. The van der Waals surface area contributed by atoms with Crippen LogP contribution in [0.15, 0.2) is 23.1 Å². The summed E-state index contributed by atoms with van der Waals surface area (Å²) in [5, 5.41) is 11.5. The molecule has 1 amide bonds. The van der Waals surface area contributed by atoms with Crippen LogP contribution < -0.4 is 14.8 Å². The van der Waals surface area contributed by atoms with E-state index in [9.17, 15) is 13.2 Å². The highest BCUT2D eigenvalue weighted by Crippen LogP contribution is 2.35. The molecule has 3 N–H and O–H groups in total. The van der Waals surface area contributed by atoms with Gasteiger partial charge < -0.3 is 15.2 Å². The van der Waals surface area contributed by atoms with Crippen LogP contribution in [-0.2, 0) is 14.8 Å². The maximum absolute atomic E-state index is 12.1. The van der Waals surface area contributed by atoms with Crippen molar-refractivity contribution in [3.8, 4) is 5.75 Å². The quantitative estimate of drug-likeness (QED) is 0.748. The van der Waals surface area contributed by atoms with Crippen LogP contribution in [0.2, 0.25) is 0 Å². The molecule has 1 atom stereocenters. The Balaban J connectivity index is 2.35. The Morgan fingerprint density at radius 1 is 1.43 bits per heavy atom. The largest absolute Gasteiger partial charge is 0.476 e. The normalized spacial score (nSPS) is 18.4. The number of carbonyl (C=O) groups excluding carboxylic acids is 1. The van der Waals surface area contributed by atoms with Crippen molar-refractivity contribution in [2.75, 3.05) is 11.9 Å². The number of ether oxygens (including phenoxy) is 1. The third kappa shape index (κ3) is 3.17. The van der Waals surface area contributed by atoms with Crippen molar-refractivity contribution in [1.29, 1.82) is 0 Å². The number of nitrogens with one attached hydrogen (secondary N) is 2. The zero-order chi connectivity index (χ0) is 15.8. The molecular weight excluding hydrogens is 296 g/mol. The fraction of sp³-hybridized carbons (Fsp3) is 0.462. The molecule has 21 heavy (non-hydrogen) atoms. The second-order valence-electron chi connectivity index (χ2n) is 5.43. The molecule has 0 aromatic heterocycles. The highest BCUT2D eigenvalue weighted by Gasteiger charge is 2.35. The summed E-state index contributed by atoms with van der Waals surface area (Å²) in [6.45, 7) is 4.49. The van der Waals surface area contributed by atoms with Crippen molar-refractivity contribution in [2.24, 2.45) is 0 Å². The summed E-state index contributed by atoms with van der Waals surface area (Å²) in [6, 6.07) is 3.61. The van der Waals surface area contributed by atoms with Gasteiger partial charge >= 0.3 is 0 Å². The van der Waals surface area contributed by atoms with E-state index in [1.807, 2.05) is 0 Å². The number of benzene rings is 1. The van der Waals surface area contributed by atoms with Crippen molar-refractivity contribution < 1.29 is 23.1 Å². The standard InChI is InChI=1S/C13H18N2O5S/c1-8(7-16)15-21(18,19)9-4-5-11-10(6-9)14-12(17)13(2,3)20-11/h4-6,8,15-16H,7H2,1-3H3,(H,14,17). The lowest BCUT2D eigenvalue weighted by molar-refractivity contribution is -0.129. The minimum Gasteiger partial charge on any atom is -0.476 e. The number of aliphatic hydroxyl groups is 1. The van der Waals surface area contributed by atoms with E-state index in [0.29, 0.717) is 11.4 Å². The molecule has 1 aromatic carbocycles. The van der Waals surface area contributed by atoms with Crippen LogP contribution in [0.1, 0.15) is 20.8 Å². The van der Waals surface area contributed by atoms with E-state index in [1.54, 1.807) is 20.8 Å². The molecule has 1 unspecified atom stereocenters. The molecule has 0 saturated heterocycles. The predicted molar refractivity (Wildman–Crippen MR) is 76.6 cm³/mol. The molecule has 0 spiro atoms. The summed E-state index contributed by atoms with van der Waals surface area (Å²) in [6.07, 6.45) is 0. The van der Waals surface area contributed by atoms with E-state index >= 15 is 0 Å². The van der Waals surface area contributed by atoms with Gasteiger partial charge in [-0.25, -0.2) is 13.1 Å². The first-order valence-corrected chi connectivity index (χ1v) is 7.92. The zero-order valence-corrected chi connectivity index (χ0v) is 12.8. The number of hydrogen-bond acceptors (Lipinski definition) is 5. The van der Waals surface area contributed by atoms with Gasteiger partial charge in [0, 0.05) is 6.04 Å². The lowest BCUT2D eigenvalue weighted by Crippen LogP contribution is -2.45. The third-order valence-corrected chi connectivity index (χ3v) is 4.64. The smallest absolute Gasteiger partial charge is 0.268 e. The number of aliphatic hydroxyl groups excluding tert-OH is 1. The molecule has 0 radical (unpaired) electrons. The van der Waals surface area contributed by atoms with Crippen molar-refractivity contribution in [2.45, 2.75) is 37.3 Å². The molecule has 1 heterocycles. The van der Waals surface area contributed by atoms with Crippen LogP contribution >= 0.6 is 0 Å². The predicted octanol–water partition coefficient (Wildman–Crippen LogP) is 0.455. The number of anilines is 1.